The zero-order chi connectivity index (χ0) is 23.7. The number of nitrogens with zero attached hydrogens (tertiary/aromatic N) is 1. The number of halogens is 1. The Balaban J connectivity index is 1.64. The standard InChI is InChI=1S/C24H25ClN2O4S2/c1-31-22-7-5-6-21(16-22)27(33(29,30)23-8-3-2-4-9-23)17-24(28)26-14-15-32-18-19-10-12-20(25)13-11-19/h2-13,16H,14-15,17-18H2,1H3,(H,26,28). The number of thioether (sulfide) groups is 1. The molecular formula is C24H25ClN2O4S2. The number of amides is 1. The van der Waals surface area contributed by atoms with E-state index in [2.05, 4.69) is 5.32 Å². The molecule has 0 saturated carbocycles. The van der Waals surface area contributed by atoms with Gasteiger partial charge in [-0.05, 0) is 42.0 Å². The van der Waals surface area contributed by atoms with Gasteiger partial charge in [-0.15, -0.1) is 0 Å². The summed E-state index contributed by atoms with van der Waals surface area (Å²) in [6, 6.07) is 22.3. The molecule has 174 valence electrons. The molecule has 0 bridgehead atoms. The van der Waals surface area contributed by atoms with Crippen LogP contribution in [-0.2, 0) is 20.6 Å². The normalized spacial score (nSPS) is 11.1. The van der Waals surface area contributed by atoms with Crippen LogP contribution in [0.25, 0.3) is 0 Å². The highest BCUT2D eigenvalue weighted by Gasteiger charge is 2.27. The molecule has 0 saturated heterocycles. The van der Waals surface area contributed by atoms with Crippen molar-refractivity contribution in [1.82, 2.24) is 5.32 Å². The smallest absolute Gasteiger partial charge is 0.264 e. The average Bonchev–Trinajstić information content (AvgIpc) is 2.84. The first-order valence-electron chi connectivity index (χ1n) is 10.2. The summed E-state index contributed by atoms with van der Waals surface area (Å²) in [6.45, 7) is 0.0840. The van der Waals surface area contributed by atoms with Gasteiger partial charge in [-0.2, -0.15) is 11.8 Å². The second kappa shape index (κ2) is 12.0. The van der Waals surface area contributed by atoms with Crippen LogP contribution in [-0.4, -0.2) is 40.3 Å². The average molecular weight is 505 g/mol. The topological polar surface area (TPSA) is 75.7 Å². The third-order valence-corrected chi connectivity index (χ3v) is 7.78. The minimum absolute atomic E-state index is 0.110. The maximum absolute atomic E-state index is 13.3. The highest BCUT2D eigenvalue weighted by molar-refractivity contribution is 7.98. The quantitative estimate of drug-likeness (QED) is 0.386. The van der Waals surface area contributed by atoms with Crippen LogP contribution in [0.15, 0.2) is 83.8 Å². The van der Waals surface area contributed by atoms with Crippen LogP contribution in [0.4, 0.5) is 5.69 Å². The van der Waals surface area contributed by atoms with E-state index in [-0.39, 0.29) is 17.3 Å². The molecule has 1 N–H and O–H groups in total. The molecule has 0 aromatic heterocycles. The van der Waals surface area contributed by atoms with Crippen LogP contribution < -0.4 is 14.4 Å². The fourth-order valence-corrected chi connectivity index (χ4v) is 5.40. The molecule has 0 aliphatic heterocycles. The first-order valence-corrected chi connectivity index (χ1v) is 13.2. The summed E-state index contributed by atoms with van der Waals surface area (Å²) >= 11 is 7.57. The highest BCUT2D eigenvalue weighted by Crippen LogP contribution is 2.26. The molecule has 6 nitrogen and oxygen atoms in total. The molecular weight excluding hydrogens is 480 g/mol. The molecule has 0 radical (unpaired) electrons. The molecule has 0 unspecified atom stereocenters. The SMILES string of the molecule is COc1cccc(N(CC(=O)NCCSCc2ccc(Cl)cc2)S(=O)(=O)c2ccccc2)c1. The van der Waals surface area contributed by atoms with Crippen molar-refractivity contribution in [3.8, 4) is 5.75 Å². The number of anilines is 1. The van der Waals surface area contributed by atoms with E-state index in [0.717, 1.165) is 15.6 Å². The summed E-state index contributed by atoms with van der Waals surface area (Å²) in [5, 5.41) is 3.51. The van der Waals surface area contributed by atoms with E-state index in [1.807, 2.05) is 24.3 Å². The van der Waals surface area contributed by atoms with E-state index >= 15 is 0 Å². The minimum Gasteiger partial charge on any atom is -0.497 e. The number of hydrogen-bond donors (Lipinski definition) is 1. The highest BCUT2D eigenvalue weighted by atomic mass is 35.5. The van der Waals surface area contributed by atoms with Gasteiger partial charge in [-0.3, -0.25) is 9.10 Å². The van der Waals surface area contributed by atoms with Gasteiger partial charge in [-0.1, -0.05) is 48.0 Å². The lowest BCUT2D eigenvalue weighted by Crippen LogP contribution is -2.41. The van der Waals surface area contributed by atoms with Gasteiger partial charge in [-0.25, -0.2) is 8.42 Å². The van der Waals surface area contributed by atoms with Crippen LogP contribution in [0, 0.1) is 0 Å². The van der Waals surface area contributed by atoms with Crippen LogP contribution in [0.5, 0.6) is 5.75 Å². The maximum atomic E-state index is 13.3. The van der Waals surface area contributed by atoms with Gasteiger partial charge in [0.25, 0.3) is 10.0 Å². The second-order valence-corrected chi connectivity index (χ2v) is 10.5. The second-order valence-electron chi connectivity index (χ2n) is 7.06. The lowest BCUT2D eigenvalue weighted by molar-refractivity contribution is -0.119. The fourth-order valence-electron chi connectivity index (χ4n) is 3.02. The van der Waals surface area contributed by atoms with E-state index in [9.17, 15) is 13.2 Å². The molecule has 0 aliphatic carbocycles. The van der Waals surface area contributed by atoms with Crippen molar-refractivity contribution in [2.75, 3.05) is 30.3 Å². The van der Waals surface area contributed by atoms with E-state index in [1.54, 1.807) is 54.2 Å². The number of rotatable bonds is 11. The molecule has 3 aromatic carbocycles. The molecule has 0 fully saturated rings. The van der Waals surface area contributed by atoms with Crippen LogP contribution in [0.3, 0.4) is 0 Å². The van der Waals surface area contributed by atoms with Crippen molar-refractivity contribution in [3.05, 3.63) is 89.4 Å². The van der Waals surface area contributed by atoms with Crippen LogP contribution in [0.2, 0.25) is 5.02 Å². The van der Waals surface area contributed by atoms with Crippen molar-refractivity contribution in [2.24, 2.45) is 0 Å². The fraction of sp³-hybridized carbons (Fsp3) is 0.208. The van der Waals surface area contributed by atoms with Crippen LogP contribution >= 0.6 is 23.4 Å². The summed E-state index contributed by atoms with van der Waals surface area (Å²) in [5.74, 6) is 1.61. The van der Waals surface area contributed by atoms with Crippen LogP contribution in [0.1, 0.15) is 5.56 Å². The van der Waals surface area contributed by atoms with Crippen molar-refractivity contribution in [2.45, 2.75) is 10.6 Å². The molecule has 0 atom stereocenters. The van der Waals surface area contributed by atoms with Gasteiger partial charge >= 0.3 is 0 Å². The molecule has 0 spiro atoms. The van der Waals surface area contributed by atoms with Crippen molar-refractivity contribution >= 4 is 45.0 Å². The van der Waals surface area contributed by atoms with Crippen molar-refractivity contribution < 1.29 is 17.9 Å². The Bertz CT molecular complexity index is 1160. The number of hydrogen-bond acceptors (Lipinski definition) is 5. The number of ether oxygens (including phenoxy) is 1. The predicted molar refractivity (Wildman–Crippen MR) is 135 cm³/mol. The maximum Gasteiger partial charge on any atom is 0.264 e. The molecule has 0 aliphatic rings. The van der Waals surface area contributed by atoms with E-state index in [0.29, 0.717) is 28.8 Å². The Morgan fingerprint density at radius 3 is 2.45 bits per heavy atom. The number of carbonyl (C=O) groups excluding carboxylic acids is 1. The zero-order valence-electron chi connectivity index (χ0n) is 18.1. The Kier molecular flexibility index (Phi) is 9.05. The number of benzene rings is 3. The first-order chi connectivity index (χ1) is 15.9. The van der Waals surface area contributed by atoms with E-state index in [4.69, 9.17) is 16.3 Å². The third kappa shape index (κ3) is 7.15. The van der Waals surface area contributed by atoms with Gasteiger partial charge in [0, 0.05) is 29.1 Å². The summed E-state index contributed by atoms with van der Waals surface area (Å²) in [4.78, 5) is 12.8. The van der Waals surface area contributed by atoms with Gasteiger partial charge in [0.2, 0.25) is 5.91 Å². The lowest BCUT2D eigenvalue weighted by Gasteiger charge is -2.24. The predicted octanol–water partition coefficient (Wildman–Crippen LogP) is 4.59. The molecule has 9 heteroatoms. The number of methoxy groups -OCH3 is 1. The Morgan fingerprint density at radius 2 is 1.76 bits per heavy atom. The molecule has 3 aromatic rings. The number of carbonyl (C=O) groups is 1. The van der Waals surface area contributed by atoms with Crippen molar-refractivity contribution in [3.63, 3.8) is 0 Å². The van der Waals surface area contributed by atoms with E-state index < -0.39 is 10.0 Å². The summed E-state index contributed by atoms with van der Waals surface area (Å²) in [7, 11) is -2.44. The first kappa shape index (κ1) is 25.0. The molecule has 1 amide bonds. The Hall–Kier alpha value is -2.68. The van der Waals surface area contributed by atoms with Gasteiger partial charge < -0.3 is 10.1 Å². The summed E-state index contributed by atoms with van der Waals surface area (Å²) < 4.78 is 33.0. The molecule has 33 heavy (non-hydrogen) atoms. The van der Waals surface area contributed by atoms with Gasteiger partial charge in [0.15, 0.2) is 0 Å². The Morgan fingerprint density at radius 1 is 1.03 bits per heavy atom. The Labute approximate surface area is 204 Å². The monoisotopic (exact) mass is 504 g/mol. The van der Waals surface area contributed by atoms with E-state index in [1.165, 1.54) is 19.2 Å². The summed E-state index contributed by atoms with van der Waals surface area (Å²) in [5.41, 5.74) is 1.50. The van der Waals surface area contributed by atoms with Crippen molar-refractivity contribution in [1.29, 1.82) is 0 Å². The third-order valence-electron chi connectivity index (χ3n) is 4.71. The lowest BCUT2D eigenvalue weighted by atomic mass is 10.2. The minimum atomic E-state index is -3.95. The number of sulfonamides is 1. The summed E-state index contributed by atoms with van der Waals surface area (Å²) in [6.07, 6.45) is 0. The molecule has 0 heterocycles. The molecule has 3 rings (SSSR count). The van der Waals surface area contributed by atoms with Gasteiger partial charge in [0.05, 0.1) is 17.7 Å². The van der Waals surface area contributed by atoms with Gasteiger partial charge in [0.1, 0.15) is 12.3 Å². The zero-order valence-corrected chi connectivity index (χ0v) is 20.5. The number of nitrogens with one attached hydrogen (secondary N) is 1. The largest absolute Gasteiger partial charge is 0.497 e.